The van der Waals surface area contributed by atoms with Crippen molar-refractivity contribution in [2.75, 3.05) is 24.6 Å². The van der Waals surface area contributed by atoms with E-state index in [1.165, 1.54) is 16.7 Å². The average Bonchev–Trinajstić information content (AvgIpc) is 2.27. The van der Waals surface area contributed by atoms with Crippen molar-refractivity contribution in [3.05, 3.63) is 34.9 Å². The molecular weight excluding hydrogens is 234 g/mol. The van der Waals surface area contributed by atoms with Crippen molar-refractivity contribution in [2.45, 2.75) is 20.4 Å². The summed E-state index contributed by atoms with van der Waals surface area (Å²) in [6.07, 6.45) is 0. The summed E-state index contributed by atoms with van der Waals surface area (Å²) in [6.45, 7) is 6.40. The molecule has 1 heterocycles. The van der Waals surface area contributed by atoms with Crippen LogP contribution in [0.5, 0.6) is 0 Å². The number of hydrogen-bond acceptors (Lipinski definition) is 3. The highest BCUT2D eigenvalue weighted by molar-refractivity contribution is 7.91. The van der Waals surface area contributed by atoms with E-state index in [1.807, 2.05) is 0 Å². The highest BCUT2D eigenvalue weighted by Gasteiger charge is 2.21. The third-order valence-corrected chi connectivity index (χ3v) is 5.02. The Hall–Kier alpha value is -0.870. The van der Waals surface area contributed by atoms with Gasteiger partial charge in [-0.2, -0.15) is 0 Å². The van der Waals surface area contributed by atoms with Crippen LogP contribution in [0.15, 0.2) is 18.2 Å². The second-order valence-electron chi connectivity index (χ2n) is 4.85. The molecule has 0 N–H and O–H groups in total. The largest absolute Gasteiger partial charge is 0.297 e. The van der Waals surface area contributed by atoms with Gasteiger partial charge in [0.05, 0.1) is 11.5 Å². The van der Waals surface area contributed by atoms with Crippen LogP contribution in [0, 0.1) is 13.8 Å². The smallest absolute Gasteiger partial charge is 0.152 e. The van der Waals surface area contributed by atoms with Gasteiger partial charge >= 0.3 is 0 Å². The van der Waals surface area contributed by atoms with E-state index < -0.39 is 9.84 Å². The van der Waals surface area contributed by atoms with Gasteiger partial charge in [0, 0.05) is 19.6 Å². The molecule has 2 rings (SSSR count). The van der Waals surface area contributed by atoms with Crippen molar-refractivity contribution in [1.29, 1.82) is 0 Å². The standard InChI is InChI=1S/C13H19NO2S/c1-11-3-4-13(9-12(11)2)10-14-5-7-17(15,16)8-6-14/h3-4,9H,5-8,10H2,1-2H3. The third-order valence-electron chi connectivity index (χ3n) is 3.41. The Kier molecular flexibility index (Phi) is 3.54. The second-order valence-corrected chi connectivity index (χ2v) is 7.15. The third kappa shape index (κ3) is 3.30. The molecule has 1 aliphatic rings. The van der Waals surface area contributed by atoms with E-state index in [-0.39, 0.29) is 0 Å². The molecule has 1 aromatic carbocycles. The zero-order valence-corrected chi connectivity index (χ0v) is 11.3. The number of aryl methyl sites for hydroxylation is 2. The van der Waals surface area contributed by atoms with Crippen LogP contribution >= 0.6 is 0 Å². The van der Waals surface area contributed by atoms with Crippen LogP contribution in [0.3, 0.4) is 0 Å². The van der Waals surface area contributed by atoms with E-state index in [4.69, 9.17) is 0 Å². The van der Waals surface area contributed by atoms with Crippen molar-refractivity contribution in [3.8, 4) is 0 Å². The number of hydrogen-bond donors (Lipinski definition) is 0. The Labute approximate surface area is 103 Å². The molecule has 1 aliphatic heterocycles. The van der Waals surface area contributed by atoms with Gasteiger partial charge in [-0.15, -0.1) is 0 Å². The van der Waals surface area contributed by atoms with E-state index in [9.17, 15) is 8.42 Å². The molecule has 0 atom stereocenters. The molecule has 1 saturated heterocycles. The summed E-state index contributed by atoms with van der Waals surface area (Å²) in [6, 6.07) is 6.45. The van der Waals surface area contributed by atoms with Crippen molar-refractivity contribution < 1.29 is 8.42 Å². The Morgan fingerprint density at radius 3 is 2.35 bits per heavy atom. The summed E-state index contributed by atoms with van der Waals surface area (Å²) < 4.78 is 22.6. The summed E-state index contributed by atoms with van der Waals surface area (Å²) >= 11 is 0. The fraction of sp³-hybridized carbons (Fsp3) is 0.538. The molecule has 0 unspecified atom stereocenters. The SMILES string of the molecule is Cc1ccc(CN2CCS(=O)(=O)CC2)cc1C. The number of rotatable bonds is 2. The second kappa shape index (κ2) is 4.78. The van der Waals surface area contributed by atoms with Gasteiger partial charge in [-0.1, -0.05) is 18.2 Å². The van der Waals surface area contributed by atoms with Crippen molar-refractivity contribution in [2.24, 2.45) is 0 Å². The van der Waals surface area contributed by atoms with Crippen LogP contribution in [-0.4, -0.2) is 37.9 Å². The van der Waals surface area contributed by atoms with Gasteiger partial charge in [-0.3, -0.25) is 4.90 Å². The molecule has 0 spiro atoms. The van der Waals surface area contributed by atoms with E-state index in [0.29, 0.717) is 24.6 Å². The van der Waals surface area contributed by atoms with Crippen molar-refractivity contribution in [3.63, 3.8) is 0 Å². The fourth-order valence-corrected chi connectivity index (χ4v) is 3.35. The van der Waals surface area contributed by atoms with Crippen LogP contribution in [0.4, 0.5) is 0 Å². The first-order valence-corrected chi connectivity index (χ1v) is 7.77. The van der Waals surface area contributed by atoms with Gasteiger partial charge in [-0.25, -0.2) is 8.42 Å². The first kappa shape index (κ1) is 12.6. The molecule has 1 fully saturated rings. The molecule has 1 aromatic rings. The summed E-state index contributed by atoms with van der Waals surface area (Å²) in [7, 11) is -2.76. The summed E-state index contributed by atoms with van der Waals surface area (Å²) in [5.41, 5.74) is 3.87. The maximum Gasteiger partial charge on any atom is 0.152 e. The average molecular weight is 253 g/mol. The minimum Gasteiger partial charge on any atom is -0.297 e. The quantitative estimate of drug-likeness (QED) is 0.802. The van der Waals surface area contributed by atoms with Gasteiger partial charge in [-0.05, 0) is 30.5 Å². The molecular formula is C13H19NO2S. The number of benzene rings is 1. The van der Waals surface area contributed by atoms with E-state index in [1.54, 1.807) is 0 Å². The lowest BCUT2D eigenvalue weighted by Gasteiger charge is -2.26. The fourth-order valence-electron chi connectivity index (χ4n) is 2.07. The molecule has 0 aliphatic carbocycles. The predicted molar refractivity (Wildman–Crippen MR) is 69.8 cm³/mol. The molecule has 94 valence electrons. The van der Waals surface area contributed by atoms with Crippen molar-refractivity contribution in [1.82, 2.24) is 4.90 Å². The normalized spacial score (nSPS) is 20.4. The molecule has 0 amide bonds. The molecule has 0 aromatic heterocycles. The molecule has 17 heavy (non-hydrogen) atoms. The summed E-state index contributed by atoms with van der Waals surface area (Å²) in [4.78, 5) is 2.21. The highest BCUT2D eigenvalue weighted by Crippen LogP contribution is 2.13. The van der Waals surface area contributed by atoms with E-state index in [0.717, 1.165) is 6.54 Å². The first-order valence-electron chi connectivity index (χ1n) is 5.95. The topological polar surface area (TPSA) is 37.4 Å². The monoisotopic (exact) mass is 253 g/mol. The Bertz CT molecular complexity index is 494. The number of sulfone groups is 1. The van der Waals surface area contributed by atoms with Gasteiger partial charge < -0.3 is 0 Å². The minimum atomic E-state index is -2.76. The molecule has 3 nitrogen and oxygen atoms in total. The van der Waals surface area contributed by atoms with Crippen molar-refractivity contribution >= 4 is 9.84 Å². The zero-order valence-electron chi connectivity index (χ0n) is 10.4. The van der Waals surface area contributed by atoms with Gasteiger partial charge in [0.2, 0.25) is 0 Å². The Balaban J connectivity index is 2.00. The van der Waals surface area contributed by atoms with E-state index >= 15 is 0 Å². The van der Waals surface area contributed by atoms with Crippen LogP contribution in [0.1, 0.15) is 16.7 Å². The lowest BCUT2D eigenvalue weighted by atomic mass is 10.1. The lowest BCUT2D eigenvalue weighted by molar-refractivity contribution is 0.287. The molecule has 0 bridgehead atoms. The lowest BCUT2D eigenvalue weighted by Crippen LogP contribution is -2.39. The van der Waals surface area contributed by atoms with Crippen LogP contribution in [-0.2, 0) is 16.4 Å². The summed E-state index contributed by atoms with van der Waals surface area (Å²) in [5.74, 6) is 0.607. The highest BCUT2D eigenvalue weighted by atomic mass is 32.2. The van der Waals surface area contributed by atoms with Gasteiger partial charge in [0.25, 0.3) is 0 Å². The molecule has 0 saturated carbocycles. The van der Waals surface area contributed by atoms with Crippen LogP contribution in [0.2, 0.25) is 0 Å². The van der Waals surface area contributed by atoms with Gasteiger partial charge in [0.1, 0.15) is 0 Å². The maximum absolute atomic E-state index is 11.3. The Morgan fingerprint density at radius 2 is 1.76 bits per heavy atom. The summed E-state index contributed by atoms with van der Waals surface area (Å²) in [5, 5.41) is 0. The Morgan fingerprint density at radius 1 is 1.12 bits per heavy atom. The zero-order chi connectivity index (χ0) is 12.5. The van der Waals surface area contributed by atoms with Crippen LogP contribution < -0.4 is 0 Å². The minimum absolute atomic E-state index is 0.303. The molecule has 4 heteroatoms. The number of nitrogens with zero attached hydrogens (tertiary/aromatic N) is 1. The predicted octanol–water partition coefficient (Wildman–Crippen LogP) is 1.53. The first-order chi connectivity index (χ1) is 7.96. The van der Waals surface area contributed by atoms with Crippen LogP contribution in [0.25, 0.3) is 0 Å². The molecule has 0 radical (unpaired) electrons. The maximum atomic E-state index is 11.3. The van der Waals surface area contributed by atoms with Gasteiger partial charge in [0.15, 0.2) is 9.84 Å². The van der Waals surface area contributed by atoms with E-state index in [2.05, 4.69) is 36.9 Å².